The van der Waals surface area contributed by atoms with Crippen LogP contribution >= 0.6 is 11.3 Å². The van der Waals surface area contributed by atoms with Crippen molar-refractivity contribution in [3.05, 3.63) is 47.5 Å². The lowest BCUT2D eigenvalue weighted by Crippen LogP contribution is -2.07. The van der Waals surface area contributed by atoms with Crippen LogP contribution in [0, 0.1) is 0 Å². The first kappa shape index (κ1) is 16.7. The second-order valence-corrected chi connectivity index (χ2v) is 8.04. The molecule has 0 fully saturated rings. The van der Waals surface area contributed by atoms with Gasteiger partial charge in [-0.15, -0.1) is 11.3 Å². The summed E-state index contributed by atoms with van der Waals surface area (Å²) in [6, 6.07) is 8.60. The molecular formula is C15H11F3N2O2S2. The Balaban J connectivity index is 2.13. The second-order valence-electron chi connectivity index (χ2n) is 5.08. The van der Waals surface area contributed by atoms with E-state index in [0.717, 1.165) is 6.26 Å². The number of thiophene rings is 1. The van der Waals surface area contributed by atoms with Gasteiger partial charge in [-0.05, 0) is 23.6 Å². The summed E-state index contributed by atoms with van der Waals surface area (Å²) in [5.74, 6) is 0.125. The summed E-state index contributed by atoms with van der Waals surface area (Å²) in [7, 11) is -3.42. The average Bonchev–Trinajstić information content (AvgIpc) is 3.15. The predicted molar refractivity (Wildman–Crippen MR) is 85.4 cm³/mol. The number of halogens is 3. The van der Waals surface area contributed by atoms with E-state index in [-0.39, 0.29) is 22.0 Å². The lowest BCUT2D eigenvalue weighted by molar-refractivity contribution is -0.140. The van der Waals surface area contributed by atoms with Crippen molar-refractivity contribution in [2.24, 2.45) is 0 Å². The van der Waals surface area contributed by atoms with Crippen LogP contribution in [0.5, 0.6) is 0 Å². The fraction of sp³-hybridized carbons (Fsp3) is 0.133. The van der Waals surface area contributed by atoms with E-state index in [1.165, 1.54) is 35.6 Å². The molecule has 0 atom stereocenters. The summed E-state index contributed by atoms with van der Waals surface area (Å²) < 4.78 is 62.8. The highest BCUT2D eigenvalue weighted by molar-refractivity contribution is 7.90. The Hall–Kier alpha value is -2.13. The summed E-state index contributed by atoms with van der Waals surface area (Å²) in [5, 5.41) is 1.74. The summed E-state index contributed by atoms with van der Waals surface area (Å²) >= 11 is 1.27. The first-order chi connectivity index (χ1) is 11.2. The van der Waals surface area contributed by atoms with E-state index in [9.17, 15) is 21.6 Å². The fourth-order valence-electron chi connectivity index (χ4n) is 2.19. The van der Waals surface area contributed by atoms with Gasteiger partial charge in [0, 0.05) is 11.8 Å². The number of nitrogens with zero attached hydrogens (tertiary/aromatic N) is 1. The molecule has 0 unspecified atom stereocenters. The molecule has 2 aromatic heterocycles. The minimum Gasteiger partial charge on any atom is -0.337 e. The molecule has 4 nitrogen and oxygen atoms in total. The quantitative estimate of drug-likeness (QED) is 0.748. The van der Waals surface area contributed by atoms with Gasteiger partial charge in [0.15, 0.2) is 15.5 Å². The van der Waals surface area contributed by atoms with Gasteiger partial charge in [-0.2, -0.15) is 13.2 Å². The molecule has 0 bridgehead atoms. The maximum Gasteiger partial charge on any atom is 0.435 e. The zero-order valence-corrected chi connectivity index (χ0v) is 13.9. The third kappa shape index (κ3) is 3.22. The van der Waals surface area contributed by atoms with Crippen LogP contribution in [0.1, 0.15) is 5.69 Å². The molecule has 0 amide bonds. The molecule has 0 aliphatic heterocycles. The van der Waals surface area contributed by atoms with Crippen molar-refractivity contribution in [2.75, 3.05) is 6.26 Å². The van der Waals surface area contributed by atoms with Gasteiger partial charge < -0.3 is 4.98 Å². The number of sulfone groups is 1. The molecule has 0 radical (unpaired) electrons. The zero-order valence-electron chi connectivity index (χ0n) is 12.3. The molecule has 0 aliphatic carbocycles. The highest BCUT2D eigenvalue weighted by Crippen LogP contribution is 2.38. The Morgan fingerprint density at radius 2 is 1.79 bits per heavy atom. The molecule has 126 valence electrons. The summed E-state index contributed by atoms with van der Waals surface area (Å²) in [6.45, 7) is 0. The van der Waals surface area contributed by atoms with Crippen LogP contribution in [0.3, 0.4) is 0 Å². The molecule has 1 N–H and O–H groups in total. The van der Waals surface area contributed by atoms with E-state index >= 15 is 0 Å². The van der Waals surface area contributed by atoms with Crippen LogP contribution in [0.25, 0.3) is 22.0 Å². The maximum atomic E-state index is 13.3. The first-order valence-corrected chi connectivity index (χ1v) is 9.45. The van der Waals surface area contributed by atoms with Gasteiger partial charge in [-0.3, -0.25) is 0 Å². The van der Waals surface area contributed by atoms with E-state index in [1.807, 2.05) is 0 Å². The minimum atomic E-state index is -4.63. The Labute approximate surface area is 139 Å². The Bertz CT molecular complexity index is 957. The molecular weight excluding hydrogens is 361 g/mol. The van der Waals surface area contributed by atoms with Crippen molar-refractivity contribution in [2.45, 2.75) is 11.1 Å². The van der Waals surface area contributed by atoms with Crippen molar-refractivity contribution in [3.8, 4) is 22.0 Å². The normalized spacial score (nSPS) is 12.5. The number of alkyl halides is 3. The third-order valence-corrected chi connectivity index (χ3v) is 5.30. The van der Waals surface area contributed by atoms with Crippen LogP contribution in [-0.4, -0.2) is 24.6 Å². The molecule has 0 spiro atoms. The van der Waals surface area contributed by atoms with Gasteiger partial charge in [0.05, 0.1) is 15.5 Å². The van der Waals surface area contributed by atoms with E-state index in [4.69, 9.17) is 0 Å². The molecule has 0 saturated carbocycles. The van der Waals surface area contributed by atoms with Gasteiger partial charge in [0.1, 0.15) is 5.82 Å². The van der Waals surface area contributed by atoms with E-state index in [1.54, 1.807) is 17.5 Å². The number of nitrogens with one attached hydrogen (secondary N) is 1. The minimum absolute atomic E-state index is 0.0396. The number of benzene rings is 1. The average molecular weight is 372 g/mol. The summed E-state index contributed by atoms with van der Waals surface area (Å²) in [5.41, 5.74) is -1.01. The molecule has 2 heterocycles. The van der Waals surface area contributed by atoms with Crippen LogP contribution in [0.15, 0.2) is 46.7 Å². The van der Waals surface area contributed by atoms with Gasteiger partial charge in [-0.1, -0.05) is 18.2 Å². The molecule has 3 aromatic rings. The van der Waals surface area contributed by atoms with Crippen molar-refractivity contribution in [3.63, 3.8) is 0 Å². The first-order valence-electron chi connectivity index (χ1n) is 6.68. The van der Waals surface area contributed by atoms with Crippen molar-refractivity contribution < 1.29 is 21.6 Å². The number of aromatic amines is 1. The number of rotatable bonds is 3. The van der Waals surface area contributed by atoms with E-state index in [2.05, 4.69) is 9.97 Å². The fourth-order valence-corrected chi connectivity index (χ4v) is 3.49. The van der Waals surface area contributed by atoms with Crippen molar-refractivity contribution >= 4 is 21.2 Å². The van der Waals surface area contributed by atoms with Crippen LogP contribution in [-0.2, 0) is 16.0 Å². The lowest BCUT2D eigenvalue weighted by Gasteiger charge is -2.07. The highest BCUT2D eigenvalue weighted by Gasteiger charge is 2.38. The van der Waals surface area contributed by atoms with Crippen LogP contribution in [0.4, 0.5) is 13.2 Å². The second kappa shape index (κ2) is 5.75. The highest BCUT2D eigenvalue weighted by atomic mass is 32.2. The number of aromatic nitrogens is 2. The molecule has 9 heteroatoms. The van der Waals surface area contributed by atoms with Gasteiger partial charge in [-0.25, -0.2) is 13.4 Å². The standard InChI is InChI=1S/C15H11F3N2O2S2/c1-24(21,22)10-6-4-9(5-7-10)12-13(15(16,17)18)20-14(19-12)11-3-2-8-23-11/h2-8H,1H3,(H,19,20). The van der Waals surface area contributed by atoms with Crippen LogP contribution < -0.4 is 0 Å². The number of H-pyrrole nitrogens is 1. The third-order valence-electron chi connectivity index (χ3n) is 3.30. The predicted octanol–water partition coefficient (Wildman–Crippen LogP) is 4.23. The smallest absolute Gasteiger partial charge is 0.337 e. The molecule has 24 heavy (non-hydrogen) atoms. The monoisotopic (exact) mass is 372 g/mol. The Kier molecular flexibility index (Phi) is 4.00. The molecule has 0 saturated heterocycles. The SMILES string of the molecule is CS(=O)(=O)c1ccc(-c2[nH]c(-c3cccs3)nc2C(F)(F)F)cc1. The molecule has 3 rings (SSSR count). The maximum absolute atomic E-state index is 13.3. The summed E-state index contributed by atoms with van der Waals surface area (Å²) in [4.78, 5) is 7.00. The molecule has 1 aromatic carbocycles. The largest absolute Gasteiger partial charge is 0.435 e. The Morgan fingerprint density at radius 3 is 2.29 bits per heavy atom. The number of hydrogen-bond donors (Lipinski definition) is 1. The topological polar surface area (TPSA) is 62.8 Å². The van der Waals surface area contributed by atoms with Crippen molar-refractivity contribution in [1.29, 1.82) is 0 Å². The van der Waals surface area contributed by atoms with Crippen LogP contribution in [0.2, 0.25) is 0 Å². The Morgan fingerprint density at radius 1 is 1.12 bits per heavy atom. The van der Waals surface area contributed by atoms with E-state index < -0.39 is 21.7 Å². The number of hydrogen-bond acceptors (Lipinski definition) is 4. The van der Waals surface area contributed by atoms with Gasteiger partial charge in [0.25, 0.3) is 0 Å². The van der Waals surface area contributed by atoms with Crippen molar-refractivity contribution in [1.82, 2.24) is 9.97 Å². The zero-order chi connectivity index (χ0) is 17.5. The molecule has 0 aliphatic rings. The summed E-state index contributed by atoms with van der Waals surface area (Å²) in [6.07, 6.45) is -3.59. The lowest BCUT2D eigenvalue weighted by atomic mass is 10.1. The number of imidazole rings is 1. The van der Waals surface area contributed by atoms with E-state index in [0.29, 0.717) is 4.88 Å². The van der Waals surface area contributed by atoms with Gasteiger partial charge >= 0.3 is 6.18 Å². The van der Waals surface area contributed by atoms with Gasteiger partial charge in [0.2, 0.25) is 0 Å².